The molecule has 2 aromatic rings. The van der Waals surface area contributed by atoms with Gasteiger partial charge in [-0.3, -0.25) is 0 Å². The zero-order chi connectivity index (χ0) is 11.3. The SMILES string of the molecule is Nc1cc(C(=O)O)cc2nc(C3CC3)sc12. The van der Waals surface area contributed by atoms with Crippen molar-refractivity contribution in [1.29, 1.82) is 0 Å². The minimum absolute atomic E-state index is 0.206. The predicted octanol–water partition coefficient (Wildman–Crippen LogP) is 2.45. The molecule has 1 saturated carbocycles. The molecule has 1 aliphatic carbocycles. The predicted molar refractivity (Wildman–Crippen MR) is 63.0 cm³/mol. The van der Waals surface area contributed by atoms with Gasteiger partial charge in [0.05, 0.1) is 26.5 Å². The van der Waals surface area contributed by atoms with Gasteiger partial charge in [0.1, 0.15) is 0 Å². The van der Waals surface area contributed by atoms with Crippen LogP contribution in [0.25, 0.3) is 10.2 Å². The Balaban J connectivity index is 2.21. The second kappa shape index (κ2) is 3.18. The van der Waals surface area contributed by atoms with Crippen LogP contribution in [0.5, 0.6) is 0 Å². The number of nitrogens with two attached hydrogens (primary N) is 1. The third-order valence-corrected chi connectivity index (χ3v) is 3.99. The van der Waals surface area contributed by atoms with Gasteiger partial charge in [0.15, 0.2) is 0 Å². The van der Waals surface area contributed by atoms with E-state index in [1.807, 2.05) is 0 Å². The second-order valence-corrected chi connectivity index (χ2v) is 5.08. The van der Waals surface area contributed by atoms with Crippen molar-refractivity contribution < 1.29 is 9.90 Å². The number of aromatic carboxylic acids is 1. The van der Waals surface area contributed by atoms with Crippen LogP contribution in [0.4, 0.5) is 5.69 Å². The van der Waals surface area contributed by atoms with E-state index in [4.69, 9.17) is 10.8 Å². The first kappa shape index (κ1) is 9.59. The van der Waals surface area contributed by atoms with Crippen molar-refractivity contribution in [3.05, 3.63) is 22.7 Å². The average Bonchev–Trinajstić information content (AvgIpc) is 2.98. The number of carbonyl (C=O) groups is 1. The molecule has 0 bridgehead atoms. The fourth-order valence-electron chi connectivity index (χ4n) is 1.70. The number of hydrogen-bond donors (Lipinski definition) is 2. The van der Waals surface area contributed by atoms with Crippen molar-refractivity contribution in [3.8, 4) is 0 Å². The summed E-state index contributed by atoms with van der Waals surface area (Å²) in [5.41, 5.74) is 7.27. The maximum Gasteiger partial charge on any atom is 0.335 e. The molecule has 1 heterocycles. The summed E-state index contributed by atoms with van der Waals surface area (Å²) in [4.78, 5) is 15.3. The second-order valence-electron chi connectivity index (χ2n) is 4.05. The monoisotopic (exact) mass is 234 g/mol. The zero-order valence-corrected chi connectivity index (χ0v) is 9.25. The van der Waals surface area contributed by atoms with E-state index >= 15 is 0 Å². The van der Waals surface area contributed by atoms with Crippen LogP contribution in [-0.4, -0.2) is 16.1 Å². The van der Waals surface area contributed by atoms with Crippen LogP contribution in [0.15, 0.2) is 12.1 Å². The Morgan fingerprint density at radius 1 is 1.50 bits per heavy atom. The van der Waals surface area contributed by atoms with Crippen LogP contribution in [-0.2, 0) is 0 Å². The molecule has 82 valence electrons. The molecule has 0 amide bonds. The van der Waals surface area contributed by atoms with Gasteiger partial charge >= 0.3 is 5.97 Å². The molecule has 16 heavy (non-hydrogen) atoms. The van der Waals surface area contributed by atoms with Crippen molar-refractivity contribution in [3.63, 3.8) is 0 Å². The standard InChI is InChI=1S/C11H10N2O2S/c12-7-3-6(11(14)15)4-8-9(7)16-10(13-8)5-1-2-5/h3-5H,1-2,12H2,(H,14,15). The van der Waals surface area contributed by atoms with E-state index in [9.17, 15) is 4.79 Å². The fraction of sp³-hybridized carbons (Fsp3) is 0.273. The van der Waals surface area contributed by atoms with E-state index in [2.05, 4.69) is 4.98 Å². The molecule has 1 aromatic carbocycles. The van der Waals surface area contributed by atoms with Gasteiger partial charge in [-0.25, -0.2) is 9.78 Å². The highest BCUT2D eigenvalue weighted by Crippen LogP contribution is 2.44. The van der Waals surface area contributed by atoms with Gasteiger partial charge in [-0.05, 0) is 25.0 Å². The smallest absolute Gasteiger partial charge is 0.335 e. The molecule has 1 aromatic heterocycles. The molecule has 0 aliphatic heterocycles. The minimum atomic E-state index is -0.963. The summed E-state index contributed by atoms with van der Waals surface area (Å²) in [5.74, 6) is -0.389. The van der Waals surface area contributed by atoms with Crippen molar-refractivity contribution in [2.75, 3.05) is 5.73 Å². The first-order valence-electron chi connectivity index (χ1n) is 5.08. The summed E-state index contributed by atoms with van der Waals surface area (Å²) >= 11 is 1.59. The first-order chi connectivity index (χ1) is 7.65. The number of aromatic nitrogens is 1. The van der Waals surface area contributed by atoms with Crippen molar-refractivity contribution in [1.82, 2.24) is 4.98 Å². The molecule has 0 radical (unpaired) electrons. The summed E-state index contributed by atoms with van der Waals surface area (Å²) in [6.07, 6.45) is 2.37. The number of hydrogen-bond acceptors (Lipinski definition) is 4. The number of anilines is 1. The molecule has 3 N–H and O–H groups in total. The lowest BCUT2D eigenvalue weighted by atomic mass is 10.2. The third kappa shape index (κ3) is 1.44. The zero-order valence-electron chi connectivity index (χ0n) is 8.43. The van der Waals surface area contributed by atoms with Gasteiger partial charge in [0.2, 0.25) is 0 Å². The van der Waals surface area contributed by atoms with Crippen LogP contribution >= 0.6 is 11.3 Å². The highest BCUT2D eigenvalue weighted by atomic mass is 32.1. The highest BCUT2D eigenvalue weighted by Gasteiger charge is 2.27. The molecule has 0 unspecified atom stereocenters. The van der Waals surface area contributed by atoms with Gasteiger partial charge < -0.3 is 10.8 Å². The van der Waals surface area contributed by atoms with E-state index in [1.165, 1.54) is 18.9 Å². The van der Waals surface area contributed by atoms with Crippen molar-refractivity contribution >= 4 is 33.2 Å². The molecule has 5 heteroatoms. The Morgan fingerprint density at radius 3 is 2.88 bits per heavy atom. The summed E-state index contributed by atoms with van der Waals surface area (Å²) < 4.78 is 0.909. The molecule has 0 spiro atoms. The Hall–Kier alpha value is -1.62. The number of nitrogen functional groups attached to an aromatic ring is 1. The van der Waals surface area contributed by atoms with E-state index < -0.39 is 5.97 Å². The number of nitrogens with zero attached hydrogens (tertiary/aromatic N) is 1. The third-order valence-electron chi connectivity index (χ3n) is 2.71. The van der Waals surface area contributed by atoms with Crippen molar-refractivity contribution in [2.24, 2.45) is 0 Å². The number of thiazole rings is 1. The summed E-state index contributed by atoms with van der Waals surface area (Å²) in [6.45, 7) is 0. The molecule has 4 nitrogen and oxygen atoms in total. The fourth-order valence-corrected chi connectivity index (χ4v) is 2.85. The lowest BCUT2D eigenvalue weighted by Gasteiger charge is -1.97. The van der Waals surface area contributed by atoms with E-state index in [1.54, 1.807) is 17.4 Å². The summed E-state index contributed by atoms with van der Waals surface area (Å²) in [7, 11) is 0. The molecule has 1 fully saturated rings. The number of benzene rings is 1. The maximum atomic E-state index is 10.9. The number of carboxylic acids is 1. The quantitative estimate of drug-likeness (QED) is 0.782. The van der Waals surface area contributed by atoms with Crippen LogP contribution < -0.4 is 5.73 Å². The van der Waals surface area contributed by atoms with Gasteiger partial charge in [-0.15, -0.1) is 11.3 Å². The van der Waals surface area contributed by atoms with Crippen LogP contribution in [0.3, 0.4) is 0 Å². The number of fused-ring (bicyclic) bond motifs is 1. The van der Waals surface area contributed by atoms with Gasteiger partial charge in [0.25, 0.3) is 0 Å². The van der Waals surface area contributed by atoms with Crippen LogP contribution in [0, 0.1) is 0 Å². The number of rotatable bonds is 2. The Labute approximate surface area is 95.7 Å². The molecular weight excluding hydrogens is 224 g/mol. The van der Waals surface area contributed by atoms with E-state index in [-0.39, 0.29) is 5.56 Å². The Bertz CT molecular complexity index is 587. The van der Waals surface area contributed by atoms with E-state index in [0.717, 1.165) is 9.71 Å². The van der Waals surface area contributed by atoms with E-state index in [0.29, 0.717) is 17.1 Å². The number of carboxylic acid groups (broad SMARTS) is 1. The van der Waals surface area contributed by atoms with Gasteiger partial charge in [0, 0.05) is 5.92 Å². The molecule has 1 aliphatic rings. The topological polar surface area (TPSA) is 76.2 Å². The molecule has 3 rings (SSSR count). The normalized spacial score (nSPS) is 15.5. The Morgan fingerprint density at radius 2 is 2.25 bits per heavy atom. The minimum Gasteiger partial charge on any atom is -0.478 e. The maximum absolute atomic E-state index is 10.9. The summed E-state index contributed by atoms with van der Waals surface area (Å²) in [6, 6.07) is 3.09. The summed E-state index contributed by atoms with van der Waals surface area (Å²) in [5, 5.41) is 10.0. The van der Waals surface area contributed by atoms with Crippen LogP contribution in [0.2, 0.25) is 0 Å². The molecule has 0 saturated heterocycles. The largest absolute Gasteiger partial charge is 0.478 e. The van der Waals surface area contributed by atoms with Crippen molar-refractivity contribution in [2.45, 2.75) is 18.8 Å². The highest BCUT2D eigenvalue weighted by molar-refractivity contribution is 7.19. The molecular formula is C11H10N2O2S. The molecule has 0 atom stereocenters. The lowest BCUT2D eigenvalue weighted by molar-refractivity contribution is 0.0697. The van der Waals surface area contributed by atoms with Gasteiger partial charge in [-0.2, -0.15) is 0 Å². The first-order valence-corrected chi connectivity index (χ1v) is 5.90. The van der Waals surface area contributed by atoms with Gasteiger partial charge in [-0.1, -0.05) is 0 Å². The van der Waals surface area contributed by atoms with Crippen LogP contribution in [0.1, 0.15) is 34.1 Å². The lowest BCUT2D eigenvalue weighted by Crippen LogP contribution is -1.97. The Kier molecular flexibility index (Phi) is 1.91. The average molecular weight is 234 g/mol.